The lowest BCUT2D eigenvalue weighted by Gasteiger charge is -2.37. The molecule has 2 aromatic carbocycles. The standard InChI is InChI=1S/C26H25N3O5S/c1-33-23-14-17(35-2)6-7-18(23)24(30)27-16-9-10-29-21(13-16)25(31)28-20-8-5-15(12-19(20)26(29)32)22-4-3-11-34-22/h3-8,11-12,14,16,21H,9-10,13H2,1-2H3,(H,27,30)(H,28,31). The molecular weight excluding hydrogens is 466 g/mol. The highest BCUT2D eigenvalue weighted by molar-refractivity contribution is 7.98. The molecule has 2 N–H and O–H groups in total. The summed E-state index contributed by atoms with van der Waals surface area (Å²) in [6.07, 6.45) is 4.40. The molecule has 0 saturated carbocycles. The van der Waals surface area contributed by atoms with Gasteiger partial charge in [0.05, 0.1) is 30.2 Å². The van der Waals surface area contributed by atoms with Crippen molar-refractivity contribution in [3.05, 3.63) is 65.9 Å². The Balaban J connectivity index is 1.34. The molecule has 1 saturated heterocycles. The Kier molecular flexibility index (Phi) is 6.25. The van der Waals surface area contributed by atoms with Gasteiger partial charge in [-0.25, -0.2) is 0 Å². The number of hydrogen-bond donors (Lipinski definition) is 2. The van der Waals surface area contributed by atoms with E-state index in [-0.39, 0.29) is 23.8 Å². The van der Waals surface area contributed by atoms with E-state index in [9.17, 15) is 14.4 Å². The second-order valence-electron chi connectivity index (χ2n) is 8.50. The maximum Gasteiger partial charge on any atom is 0.256 e. The van der Waals surface area contributed by atoms with Gasteiger partial charge in [-0.3, -0.25) is 14.4 Å². The summed E-state index contributed by atoms with van der Waals surface area (Å²) in [6.45, 7) is 0.356. The second kappa shape index (κ2) is 9.50. The number of rotatable bonds is 5. The van der Waals surface area contributed by atoms with Crippen molar-refractivity contribution >= 4 is 35.2 Å². The van der Waals surface area contributed by atoms with Gasteiger partial charge >= 0.3 is 0 Å². The average Bonchev–Trinajstić information content (AvgIpc) is 3.40. The maximum atomic E-state index is 13.4. The first-order chi connectivity index (χ1) is 17.0. The minimum Gasteiger partial charge on any atom is -0.496 e. The second-order valence-corrected chi connectivity index (χ2v) is 9.38. The molecular formula is C26H25N3O5S. The summed E-state index contributed by atoms with van der Waals surface area (Å²) in [5.74, 6) is 0.409. The highest BCUT2D eigenvalue weighted by Crippen LogP contribution is 2.32. The predicted octanol–water partition coefficient (Wildman–Crippen LogP) is 4.03. The molecule has 0 radical (unpaired) electrons. The molecule has 2 unspecified atom stereocenters. The van der Waals surface area contributed by atoms with Crippen LogP contribution in [0.4, 0.5) is 5.69 Å². The molecule has 3 heterocycles. The lowest BCUT2D eigenvalue weighted by molar-refractivity contribution is -0.121. The van der Waals surface area contributed by atoms with Crippen LogP contribution < -0.4 is 15.4 Å². The lowest BCUT2D eigenvalue weighted by atomic mass is 9.95. The molecule has 0 bridgehead atoms. The van der Waals surface area contributed by atoms with Crippen molar-refractivity contribution < 1.29 is 23.5 Å². The quantitative estimate of drug-likeness (QED) is 0.523. The normalized spacial score (nSPS) is 19.3. The van der Waals surface area contributed by atoms with Crippen molar-refractivity contribution in [2.24, 2.45) is 0 Å². The third-order valence-corrected chi connectivity index (χ3v) is 7.19. The Morgan fingerprint density at radius 1 is 1.20 bits per heavy atom. The Bertz CT molecular complexity index is 1290. The van der Waals surface area contributed by atoms with Crippen LogP contribution in [0.2, 0.25) is 0 Å². The van der Waals surface area contributed by atoms with E-state index in [1.807, 2.05) is 30.5 Å². The Morgan fingerprint density at radius 2 is 2.06 bits per heavy atom. The van der Waals surface area contributed by atoms with Crippen LogP contribution in [-0.2, 0) is 4.79 Å². The zero-order valence-electron chi connectivity index (χ0n) is 19.4. The van der Waals surface area contributed by atoms with E-state index in [0.717, 1.165) is 10.5 Å². The molecule has 3 aromatic rings. The molecule has 1 fully saturated rings. The molecule has 0 spiro atoms. The van der Waals surface area contributed by atoms with E-state index in [2.05, 4.69) is 10.6 Å². The summed E-state index contributed by atoms with van der Waals surface area (Å²) in [4.78, 5) is 42.1. The molecule has 180 valence electrons. The van der Waals surface area contributed by atoms with Crippen molar-refractivity contribution in [3.8, 4) is 17.1 Å². The number of hydrogen-bond acceptors (Lipinski definition) is 6. The number of piperidine rings is 1. The van der Waals surface area contributed by atoms with Gasteiger partial charge in [-0.15, -0.1) is 11.8 Å². The van der Waals surface area contributed by atoms with Gasteiger partial charge in [0.15, 0.2) is 0 Å². The first-order valence-corrected chi connectivity index (χ1v) is 12.5. The number of amides is 3. The molecule has 35 heavy (non-hydrogen) atoms. The first kappa shape index (κ1) is 23.0. The Hall–Kier alpha value is -3.72. The third-order valence-electron chi connectivity index (χ3n) is 6.47. The van der Waals surface area contributed by atoms with Crippen LogP contribution in [0.3, 0.4) is 0 Å². The van der Waals surface area contributed by atoms with Gasteiger partial charge in [0.2, 0.25) is 5.91 Å². The van der Waals surface area contributed by atoms with Crippen LogP contribution in [0, 0.1) is 0 Å². The summed E-state index contributed by atoms with van der Waals surface area (Å²) in [5.41, 5.74) is 2.10. The Labute approximate surface area is 207 Å². The van der Waals surface area contributed by atoms with E-state index in [1.54, 1.807) is 47.2 Å². The largest absolute Gasteiger partial charge is 0.496 e. The molecule has 2 atom stereocenters. The number of nitrogens with one attached hydrogen (secondary N) is 2. The first-order valence-electron chi connectivity index (χ1n) is 11.3. The topological polar surface area (TPSA) is 101 Å². The Morgan fingerprint density at radius 3 is 2.80 bits per heavy atom. The van der Waals surface area contributed by atoms with Crippen molar-refractivity contribution in [1.82, 2.24) is 10.2 Å². The number of methoxy groups -OCH3 is 1. The molecule has 5 rings (SSSR count). The van der Waals surface area contributed by atoms with Gasteiger partial charge in [-0.2, -0.15) is 0 Å². The van der Waals surface area contributed by atoms with E-state index in [1.165, 1.54) is 7.11 Å². The maximum absolute atomic E-state index is 13.4. The summed E-state index contributed by atoms with van der Waals surface area (Å²) in [7, 11) is 1.53. The van der Waals surface area contributed by atoms with Gasteiger partial charge in [-0.1, -0.05) is 0 Å². The van der Waals surface area contributed by atoms with E-state index < -0.39 is 6.04 Å². The number of thioether (sulfide) groups is 1. The minimum absolute atomic E-state index is 0.212. The average molecular weight is 492 g/mol. The zero-order chi connectivity index (χ0) is 24.5. The van der Waals surface area contributed by atoms with Gasteiger partial charge in [0, 0.05) is 23.0 Å². The number of fused-ring (bicyclic) bond motifs is 2. The van der Waals surface area contributed by atoms with Gasteiger partial charge in [-0.05, 0) is 67.6 Å². The monoisotopic (exact) mass is 491 g/mol. The van der Waals surface area contributed by atoms with Crippen LogP contribution in [0.25, 0.3) is 11.3 Å². The number of carbonyl (C=O) groups is 3. The van der Waals surface area contributed by atoms with Crippen LogP contribution in [0.1, 0.15) is 33.6 Å². The fraction of sp³-hybridized carbons (Fsp3) is 0.269. The summed E-state index contributed by atoms with van der Waals surface area (Å²) in [5, 5.41) is 5.92. The molecule has 3 amide bonds. The van der Waals surface area contributed by atoms with Gasteiger partial charge < -0.3 is 24.7 Å². The van der Waals surface area contributed by atoms with Crippen LogP contribution in [0.5, 0.6) is 5.75 Å². The smallest absolute Gasteiger partial charge is 0.256 e. The molecule has 8 nitrogen and oxygen atoms in total. The zero-order valence-corrected chi connectivity index (χ0v) is 20.2. The number of anilines is 1. The minimum atomic E-state index is -0.679. The highest BCUT2D eigenvalue weighted by Gasteiger charge is 2.40. The SMILES string of the molecule is COc1cc(SC)ccc1C(=O)NC1CCN2C(=O)c3cc(-c4ccco4)ccc3NC(=O)C2C1. The lowest BCUT2D eigenvalue weighted by Crippen LogP contribution is -2.55. The fourth-order valence-electron chi connectivity index (χ4n) is 4.63. The number of furan rings is 1. The number of carbonyl (C=O) groups excluding carboxylic acids is 3. The van der Waals surface area contributed by atoms with Crippen LogP contribution in [0.15, 0.2) is 64.1 Å². The molecule has 0 aliphatic carbocycles. The fourth-order valence-corrected chi connectivity index (χ4v) is 5.06. The van der Waals surface area contributed by atoms with Crippen LogP contribution in [-0.4, -0.2) is 54.6 Å². The molecule has 2 aliphatic rings. The van der Waals surface area contributed by atoms with Gasteiger partial charge in [0.1, 0.15) is 17.6 Å². The van der Waals surface area contributed by atoms with Crippen molar-refractivity contribution in [3.63, 3.8) is 0 Å². The van der Waals surface area contributed by atoms with Crippen molar-refractivity contribution in [2.75, 3.05) is 25.2 Å². The third kappa shape index (κ3) is 4.39. The van der Waals surface area contributed by atoms with Crippen molar-refractivity contribution in [1.29, 1.82) is 0 Å². The van der Waals surface area contributed by atoms with Gasteiger partial charge in [0.25, 0.3) is 11.8 Å². The molecule has 2 aliphatic heterocycles. The van der Waals surface area contributed by atoms with Crippen molar-refractivity contribution in [2.45, 2.75) is 29.8 Å². The number of nitrogens with zero attached hydrogens (tertiary/aromatic N) is 1. The van der Waals surface area contributed by atoms with Crippen LogP contribution >= 0.6 is 11.8 Å². The number of ether oxygens (including phenoxy) is 1. The molecule has 1 aromatic heterocycles. The molecule has 9 heteroatoms. The number of benzene rings is 2. The van der Waals surface area contributed by atoms with E-state index in [4.69, 9.17) is 9.15 Å². The van der Waals surface area contributed by atoms with E-state index >= 15 is 0 Å². The summed E-state index contributed by atoms with van der Waals surface area (Å²) in [6, 6.07) is 13.4. The van der Waals surface area contributed by atoms with E-state index in [0.29, 0.717) is 47.7 Å². The predicted molar refractivity (Wildman–Crippen MR) is 133 cm³/mol. The summed E-state index contributed by atoms with van der Waals surface area (Å²) >= 11 is 1.57. The highest BCUT2D eigenvalue weighted by atomic mass is 32.2. The summed E-state index contributed by atoms with van der Waals surface area (Å²) < 4.78 is 10.9.